The van der Waals surface area contributed by atoms with Crippen molar-refractivity contribution in [2.24, 2.45) is 0 Å². The Labute approximate surface area is 222 Å². The average Bonchev–Trinajstić information content (AvgIpc) is 3.21. The summed E-state index contributed by atoms with van der Waals surface area (Å²) in [5.41, 5.74) is 2.71. The average molecular weight is 507 g/mol. The maximum absolute atomic E-state index is 13.6. The quantitative estimate of drug-likeness (QED) is 0.180. The molecule has 0 bridgehead atoms. The van der Waals surface area contributed by atoms with Crippen LogP contribution in [0, 0.1) is 0 Å². The van der Waals surface area contributed by atoms with E-state index in [1.807, 2.05) is 98.7 Å². The van der Waals surface area contributed by atoms with Crippen molar-refractivity contribution in [3.8, 4) is 5.75 Å². The van der Waals surface area contributed by atoms with Gasteiger partial charge in [0.2, 0.25) is 0 Å². The highest BCUT2D eigenvalue weighted by Crippen LogP contribution is 2.45. The summed E-state index contributed by atoms with van der Waals surface area (Å²) >= 11 is 0. The van der Waals surface area contributed by atoms with Crippen LogP contribution < -0.4 is 14.5 Å². The van der Waals surface area contributed by atoms with Gasteiger partial charge in [0.25, 0.3) is 11.7 Å². The van der Waals surface area contributed by atoms with E-state index in [1.165, 1.54) is 4.90 Å². The molecule has 0 aliphatic carbocycles. The third kappa shape index (κ3) is 4.50. The molecule has 1 unspecified atom stereocenters. The number of hydrogen-bond acceptors (Lipinski definition) is 5. The minimum Gasteiger partial charge on any atom is -0.507 e. The predicted octanol–water partition coefficient (Wildman–Crippen LogP) is 6.32. The van der Waals surface area contributed by atoms with Crippen LogP contribution in [0.5, 0.6) is 5.75 Å². The van der Waals surface area contributed by atoms with Crippen LogP contribution in [0.2, 0.25) is 0 Å². The zero-order chi connectivity index (χ0) is 26.8. The van der Waals surface area contributed by atoms with Crippen molar-refractivity contribution in [1.29, 1.82) is 0 Å². The fourth-order valence-electron chi connectivity index (χ4n) is 4.83. The first-order chi connectivity index (χ1) is 18.4. The largest absolute Gasteiger partial charge is 0.507 e. The van der Waals surface area contributed by atoms with Gasteiger partial charge in [-0.05, 0) is 53.1 Å². The molecule has 6 nitrogen and oxygen atoms in total. The number of rotatable bonds is 7. The zero-order valence-electron chi connectivity index (χ0n) is 21.7. The molecule has 1 fully saturated rings. The first-order valence-corrected chi connectivity index (χ1v) is 12.7. The van der Waals surface area contributed by atoms with Crippen LogP contribution in [0.25, 0.3) is 16.5 Å². The van der Waals surface area contributed by atoms with Gasteiger partial charge >= 0.3 is 0 Å². The fourth-order valence-corrected chi connectivity index (χ4v) is 4.83. The Kier molecular flexibility index (Phi) is 6.88. The van der Waals surface area contributed by atoms with Gasteiger partial charge in [0.05, 0.1) is 23.9 Å². The fraction of sp³-hybridized carbons (Fsp3) is 0.188. The Morgan fingerprint density at radius 1 is 0.895 bits per heavy atom. The summed E-state index contributed by atoms with van der Waals surface area (Å²) in [5.74, 6) is -1.13. The molecule has 1 amide bonds. The van der Waals surface area contributed by atoms with E-state index < -0.39 is 17.7 Å². The van der Waals surface area contributed by atoms with Crippen molar-refractivity contribution in [3.05, 3.63) is 108 Å². The first-order valence-electron chi connectivity index (χ1n) is 12.7. The molecular formula is C32H30N2O4. The number of Topliss-reactive ketones (excluding diaryl/α,β-unsaturated/α-hetero) is 1. The predicted molar refractivity (Wildman–Crippen MR) is 152 cm³/mol. The lowest BCUT2D eigenvalue weighted by atomic mass is 9.94. The number of carbonyl (C=O) groups is 2. The number of anilines is 2. The minimum atomic E-state index is -0.830. The number of hydrogen-bond donors (Lipinski definition) is 1. The van der Waals surface area contributed by atoms with Gasteiger partial charge in [0, 0.05) is 25.3 Å². The second-order valence-electron chi connectivity index (χ2n) is 9.53. The standard InChI is InChI=1S/C32H30N2O4/c1-4-19-38-27-12-8-7-11-26(27)34-29(22-15-17-25(18-16-22)33(2)3)28(31(36)32(34)37)30(35)24-14-13-21-9-5-6-10-23(21)20-24/h5-18,20,29,35H,4,19H2,1-3H3/b30-28-. The molecule has 4 aromatic rings. The Morgan fingerprint density at radius 3 is 2.29 bits per heavy atom. The number of aliphatic hydroxyl groups excluding tert-OH is 1. The van der Waals surface area contributed by atoms with Crippen LogP contribution in [0.1, 0.15) is 30.5 Å². The smallest absolute Gasteiger partial charge is 0.300 e. The third-order valence-corrected chi connectivity index (χ3v) is 6.78. The Balaban J connectivity index is 1.71. The number of ketones is 1. The summed E-state index contributed by atoms with van der Waals surface area (Å²) in [7, 11) is 3.89. The number of para-hydroxylation sites is 2. The molecule has 6 heteroatoms. The van der Waals surface area contributed by atoms with Crippen LogP contribution in [0.3, 0.4) is 0 Å². The van der Waals surface area contributed by atoms with Crippen molar-refractivity contribution in [2.75, 3.05) is 30.5 Å². The molecule has 1 N–H and O–H groups in total. The molecular weight excluding hydrogens is 476 g/mol. The molecule has 0 aromatic heterocycles. The number of ether oxygens (including phenoxy) is 1. The number of aliphatic hydroxyl groups is 1. The van der Waals surface area contributed by atoms with Crippen LogP contribution in [0.15, 0.2) is 96.6 Å². The lowest BCUT2D eigenvalue weighted by Crippen LogP contribution is -2.30. The number of nitrogens with zero attached hydrogens (tertiary/aromatic N) is 2. The number of benzene rings is 4. The Morgan fingerprint density at radius 2 is 1.58 bits per heavy atom. The van der Waals surface area contributed by atoms with E-state index in [4.69, 9.17) is 4.74 Å². The molecule has 1 heterocycles. The third-order valence-electron chi connectivity index (χ3n) is 6.78. The second-order valence-corrected chi connectivity index (χ2v) is 9.53. The SMILES string of the molecule is CCCOc1ccccc1N1C(=O)C(=O)/C(=C(\O)c2ccc3ccccc3c2)C1c1ccc(N(C)C)cc1. The van der Waals surface area contributed by atoms with Crippen molar-refractivity contribution in [2.45, 2.75) is 19.4 Å². The van der Waals surface area contributed by atoms with Crippen LogP contribution >= 0.6 is 0 Å². The van der Waals surface area contributed by atoms with Crippen molar-refractivity contribution >= 4 is 39.6 Å². The highest BCUT2D eigenvalue weighted by atomic mass is 16.5. The van der Waals surface area contributed by atoms with Crippen LogP contribution in [-0.2, 0) is 9.59 Å². The lowest BCUT2D eigenvalue weighted by Gasteiger charge is -2.27. The van der Waals surface area contributed by atoms with Crippen LogP contribution in [0.4, 0.5) is 11.4 Å². The molecule has 1 saturated heterocycles. The lowest BCUT2D eigenvalue weighted by molar-refractivity contribution is -0.132. The number of amides is 1. The summed E-state index contributed by atoms with van der Waals surface area (Å²) in [4.78, 5) is 30.6. The Bertz CT molecular complexity index is 1540. The summed E-state index contributed by atoms with van der Waals surface area (Å²) < 4.78 is 5.96. The molecule has 0 spiro atoms. The maximum atomic E-state index is 13.6. The molecule has 4 aromatic carbocycles. The molecule has 1 aliphatic heterocycles. The van der Waals surface area contributed by atoms with Crippen molar-refractivity contribution in [1.82, 2.24) is 0 Å². The molecule has 1 aliphatic rings. The van der Waals surface area contributed by atoms with E-state index >= 15 is 0 Å². The molecule has 1 atom stereocenters. The van der Waals surface area contributed by atoms with Gasteiger partial charge in [0.1, 0.15) is 11.5 Å². The van der Waals surface area contributed by atoms with Gasteiger partial charge in [0.15, 0.2) is 0 Å². The van der Waals surface area contributed by atoms with Gasteiger partial charge in [-0.1, -0.05) is 67.6 Å². The van der Waals surface area contributed by atoms with Gasteiger partial charge in [-0.3, -0.25) is 14.5 Å². The highest BCUT2D eigenvalue weighted by Gasteiger charge is 2.47. The van der Waals surface area contributed by atoms with Crippen molar-refractivity contribution in [3.63, 3.8) is 0 Å². The zero-order valence-corrected chi connectivity index (χ0v) is 21.7. The highest BCUT2D eigenvalue weighted by molar-refractivity contribution is 6.52. The molecule has 38 heavy (non-hydrogen) atoms. The summed E-state index contributed by atoms with van der Waals surface area (Å²) in [5, 5.41) is 13.5. The topological polar surface area (TPSA) is 70.1 Å². The molecule has 5 rings (SSSR count). The summed E-state index contributed by atoms with van der Waals surface area (Å²) in [6.07, 6.45) is 0.796. The van der Waals surface area contributed by atoms with Gasteiger partial charge in [-0.2, -0.15) is 0 Å². The Hall–Kier alpha value is -4.58. The van der Waals surface area contributed by atoms with E-state index in [0.29, 0.717) is 29.2 Å². The minimum absolute atomic E-state index is 0.0492. The van der Waals surface area contributed by atoms with E-state index in [2.05, 4.69) is 0 Å². The van der Waals surface area contributed by atoms with Gasteiger partial charge in [-0.15, -0.1) is 0 Å². The maximum Gasteiger partial charge on any atom is 0.300 e. The van der Waals surface area contributed by atoms with Crippen LogP contribution in [-0.4, -0.2) is 37.5 Å². The summed E-state index contributed by atoms with van der Waals surface area (Å²) in [6, 6.07) is 27.3. The summed E-state index contributed by atoms with van der Waals surface area (Å²) in [6.45, 7) is 2.48. The second kappa shape index (κ2) is 10.4. The first kappa shape index (κ1) is 25.1. The molecule has 192 valence electrons. The number of fused-ring (bicyclic) bond motifs is 1. The monoisotopic (exact) mass is 506 g/mol. The van der Waals surface area contributed by atoms with E-state index in [0.717, 1.165) is 22.9 Å². The van der Waals surface area contributed by atoms with E-state index in [9.17, 15) is 14.7 Å². The molecule has 0 radical (unpaired) electrons. The normalized spacial score (nSPS) is 16.7. The van der Waals surface area contributed by atoms with Crippen molar-refractivity contribution < 1.29 is 19.4 Å². The van der Waals surface area contributed by atoms with E-state index in [1.54, 1.807) is 18.2 Å². The number of carbonyl (C=O) groups excluding carboxylic acids is 2. The van der Waals surface area contributed by atoms with E-state index in [-0.39, 0.29) is 11.3 Å². The van der Waals surface area contributed by atoms with Gasteiger partial charge < -0.3 is 14.7 Å². The van der Waals surface area contributed by atoms with Gasteiger partial charge in [-0.25, -0.2) is 0 Å². The molecule has 0 saturated carbocycles.